The zero-order chi connectivity index (χ0) is 23.5. The number of aliphatic carboxylic acids is 1. The van der Waals surface area contributed by atoms with E-state index in [9.17, 15) is 24.3 Å². The van der Waals surface area contributed by atoms with Gasteiger partial charge in [-0.25, -0.2) is 4.79 Å². The maximum absolute atomic E-state index is 12.8. The summed E-state index contributed by atoms with van der Waals surface area (Å²) in [4.78, 5) is 49.4. The van der Waals surface area contributed by atoms with Gasteiger partial charge in [0.2, 0.25) is 17.7 Å². The Balaban J connectivity index is 1.94. The molecular formula is C22H32N4O5S. The normalized spacial score (nSPS) is 18.2. The number of carboxylic acids is 1. The molecule has 5 N–H and O–H groups in total. The highest BCUT2D eigenvalue weighted by molar-refractivity contribution is 7.98. The van der Waals surface area contributed by atoms with E-state index in [1.165, 1.54) is 6.92 Å². The van der Waals surface area contributed by atoms with Crippen LogP contribution >= 0.6 is 11.8 Å². The third kappa shape index (κ3) is 8.16. The average Bonchev–Trinajstić information content (AvgIpc) is 3.31. The minimum absolute atomic E-state index is 0.128. The molecule has 1 fully saturated rings. The third-order valence-electron chi connectivity index (χ3n) is 5.27. The van der Waals surface area contributed by atoms with Gasteiger partial charge in [0, 0.05) is 6.42 Å². The number of carbonyl (C=O) groups excluding carboxylic acids is 3. The van der Waals surface area contributed by atoms with Gasteiger partial charge in [-0.15, -0.1) is 0 Å². The van der Waals surface area contributed by atoms with Crippen LogP contribution in [0.2, 0.25) is 0 Å². The first-order valence-electron chi connectivity index (χ1n) is 10.7. The standard InChI is InChI=1S/C22H32N4O5S/c1-14(19(27)26-18(22(30)31)13-15-7-4-3-5-8-15)24-21(29)17(10-12-32-2)25-20(28)16-9-6-11-23-16/h3-5,7-8,14,16-18,23H,6,9-13H2,1-2H3,(H,24,29)(H,25,28)(H,26,27)(H,30,31). The topological polar surface area (TPSA) is 137 Å². The molecule has 4 atom stereocenters. The van der Waals surface area contributed by atoms with Crippen molar-refractivity contribution in [3.63, 3.8) is 0 Å². The van der Waals surface area contributed by atoms with Crippen LogP contribution in [0.3, 0.4) is 0 Å². The zero-order valence-corrected chi connectivity index (χ0v) is 19.2. The van der Waals surface area contributed by atoms with Gasteiger partial charge < -0.3 is 26.4 Å². The predicted octanol–water partition coefficient (Wildman–Crippen LogP) is 0.293. The van der Waals surface area contributed by atoms with Crippen molar-refractivity contribution < 1.29 is 24.3 Å². The van der Waals surface area contributed by atoms with Crippen molar-refractivity contribution in [1.82, 2.24) is 21.3 Å². The first-order chi connectivity index (χ1) is 15.3. The number of carboxylic acid groups (broad SMARTS) is 1. The van der Waals surface area contributed by atoms with Crippen molar-refractivity contribution in [3.8, 4) is 0 Å². The van der Waals surface area contributed by atoms with Crippen LogP contribution in [-0.4, -0.2) is 71.5 Å². The molecule has 3 amide bonds. The first-order valence-corrected chi connectivity index (χ1v) is 12.1. The lowest BCUT2D eigenvalue weighted by Crippen LogP contribution is -2.56. The second kappa shape index (κ2) is 13.1. The lowest BCUT2D eigenvalue weighted by molar-refractivity contribution is -0.142. The summed E-state index contributed by atoms with van der Waals surface area (Å²) in [5.74, 6) is -1.79. The minimum atomic E-state index is -1.16. The van der Waals surface area contributed by atoms with Gasteiger partial charge in [0.15, 0.2) is 0 Å². The van der Waals surface area contributed by atoms with Crippen molar-refractivity contribution >= 4 is 35.5 Å². The van der Waals surface area contributed by atoms with Crippen LogP contribution in [0.15, 0.2) is 30.3 Å². The number of hydrogen-bond acceptors (Lipinski definition) is 6. The van der Waals surface area contributed by atoms with E-state index in [4.69, 9.17) is 0 Å². The van der Waals surface area contributed by atoms with Gasteiger partial charge in [-0.3, -0.25) is 14.4 Å². The molecule has 0 radical (unpaired) electrons. The number of hydrogen-bond donors (Lipinski definition) is 5. The quantitative estimate of drug-likeness (QED) is 0.300. The molecule has 1 aromatic carbocycles. The van der Waals surface area contributed by atoms with Crippen molar-refractivity contribution in [2.75, 3.05) is 18.6 Å². The van der Waals surface area contributed by atoms with Crippen LogP contribution < -0.4 is 21.3 Å². The predicted molar refractivity (Wildman–Crippen MR) is 123 cm³/mol. The highest BCUT2D eigenvalue weighted by atomic mass is 32.2. The number of thioether (sulfide) groups is 1. The van der Waals surface area contributed by atoms with Crippen LogP contribution in [-0.2, 0) is 25.6 Å². The van der Waals surface area contributed by atoms with Crippen molar-refractivity contribution in [2.45, 2.75) is 56.8 Å². The van der Waals surface area contributed by atoms with Gasteiger partial charge >= 0.3 is 5.97 Å². The fourth-order valence-electron chi connectivity index (χ4n) is 3.41. The molecule has 176 valence electrons. The molecule has 1 heterocycles. The molecule has 1 aliphatic rings. The summed E-state index contributed by atoms with van der Waals surface area (Å²) in [6.45, 7) is 2.26. The Morgan fingerprint density at radius 3 is 2.41 bits per heavy atom. The van der Waals surface area contributed by atoms with E-state index < -0.39 is 35.9 Å². The van der Waals surface area contributed by atoms with E-state index in [1.54, 1.807) is 36.0 Å². The summed E-state index contributed by atoms with van der Waals surface area (Å²) in [5, 5.41) is 20.4. The summed E-state index contributed by atoms with van der Waals surface area (Å²) in [6.07, 6.45) is 4.09. The summed E-state index contributed by atoms with van der Waals surface area (Å²) in [5.41, 5.74) is 0.775. The Morgan fingerprint density at radius 2 is 1.81 bits per heavy atom. The largest absolute Gasteiger partial charge is 0.480 e. The molecule has 1 aromatic rings. The lowest BCUT2D eigenvalue weighted by Gasteiger charge is -2.23. The third-order valence-corrected chi connectivity index (χ3v) is 5.91. The van der Waals surface area contributed by atoms with Gasteiger partial charge in [0.05, 0.1) is 6.04 Å². The molecular weight excluding hydrogens is 432 g/mol. The molecule has 0 bridgehead atoms. The average molecular weight is 465 g/mol. The second-order valence-corrected chi connectivity index (χ2v) is 8.80. The molecule has 4 unspecified atom stereocenters. The molecule has 1 saturated heterocycles. The van der Waals surface area contributed by atoms with Gasteiger partial charge in [-0.2, -0.15) is 11.8 Å². The molecule has 32 heavy (non-hydrogen) atoms. The van der Waals surface area contributed by atoms with Crippen molar-refractivity contribution in [1.29, 1.82) is 0 Å². The minimum Gasteiger partial charge on any atom is -0.480 e. The molecule has 0 spiro atoms. The van der Waals surface area contributed by atoms with Crippen LogP contribution in [0.4, 0.5) is 0 Å². The molecule has 1 aliphatic heterocycles. The molecule has 0 aliphatic carbocycles. The maximum atomic E-state index is 12.8. The van der Waals surface area contributed by atoms with E-state index in [0.717, 1.165) is 24.9 Å². The first kappa shape index (κ1) is 25.7. The summed E-state index contributed by atoms with van der Waals surface area (Å²) in [6, 6.07) is 5.82. The molecule has 2 rings (SSSR count). The van der Waals surface area contributed by atoms with E-state index in [-0.39, 0.29) is 18.4 Å². The van der Waals surface area contributed by atoms with Gasteiger partial charge in [-0.1, -0.05) is 30.3 Å². The van der Waals surface area contributed by atoms with Gasteiger partial charge in [0.1, 0.15) is 18.1 Å². The monoisotopic (exact) mass is 464 g/mol. The summed E-state index contributed by atoms with van der Waals surface area (Å²) >= 11 is 1.55. The van der Waals surface area contributed by atoms with Crippen molar-refractivity contribution in [2.24, 2.45) is 0 Å². The number of nitrogens with one attached hydrogen (secondary N) is 4. The van der Waals surface area contributed by atoms with Crippen LogP contribution in [0, 0.1) is 0 Å². The summed E-state index contributed by atoms with van der Waals surface area (Å²) in [7, 11) is 0. The van der Waals surface area contributed by atoms with Crippen LogP contribution in [0.25, 0.3) is 0 Å². The number of carbonyl (C=O) groups is 4. The Hall–Kier alpha value is -2.59. The van der Waals surface area contributed by atoms with E-state index in [0.29, 0.717) is 12.2 Å². The Kier molecular flexibility index (Phi) is 10.5. The zero-order valence-electron chi connectivity index (χ0n) is 18.4. The maximum Gasteiger partial charge on any atom is 0.326 e. The lowest BCUT2D eigenvalue weighted by atomic mass is 10.1. The number of benzene rings is 1. The Labute approximate surface area is 192 Å². The molecule has 0 aromatic heterocycles. The fraction of sp³-hybridized carbons (Fsp3) is 0.545. The highest BCUT2D eigenvalue weighted by Gasteiger charge is 2.29. The molecule has 10 heteroatoms. The second-order valence-electron chi connectivity index (χ2n) is 7.81. The van der Waals surface area contributed by atoms with E-state index in [2.05, 4.69) is 21.3 Å². The Bertz CT molecular complexity index is 786. The smallest absolute Gasteiger partial charge is 0.326 e. The fourth-order valence-corrected chi connectivity index (χ4v) is 3.88. The highest BCUT2D eigenvalue weighted by Crippen LogP contribution is 2.08. The number of amides is 3. The van der Waals surface area contributed by atoms with Crippen LogP contribution in [0.5, 0.6) is 0 Å². The van der Waals surface area contributed by atoms with E-state index in [1.807, 2.05) is 12.3 Å². The SMILES string of the molecule is CSCCC(NC(=O)C1CCCN1)C(=O)NC(C)C(=O)NC(Cc1ccccc1)C(=O)O. The van der Waals surface area contributed by atoms with Gasteiger partial charge in [0.25, 0.3) is 0 Å². The number of rotatable bonds is 12. The van der Waals surface area contributed by atoms with Crippen molar-refractivity contribution in [3.05, 3.63) is 35.9 Å². The molecule has 0 saturated carbocycles. The molecule has 9 nitrogen and oxygen atoms in total. The van der Waals surface area contributed by atoms with Gasteiger partial charge in [-0.05, 0) is 50.3 Å². The van der Waals surface area contributed by atoms with E-state index >= 15 is 0 Å². The van der Waals surface area contributed by atoms with Crippen LogP contribution in [0.1, 0.15) is 31.7 Å². The summed E-state index contributed by atoms with van der Waals surface area (Å²) < 4.78 is 0. The Morgan fingerprint density at radius 1 is 1.09 bits per heavy atom.